The molecule has 128 valence electrons. The van der Waals surface area contributed by atoms with E-state index in [1.54, 1.807) is 24.3 Å². The van der Waals surface area contributed by atoms with Crippen molar-refractivity contribution < 1.29 is 9.59 Å². The van der Waals surface area contributed by atoms with Crippen LogP contribution in [0.5, 0.6) is 0 Å². The van der Waals surface area contributed by atoms with E-state index in [9.17, 15) is 9.59 Å². The molecule has 0 saturated heterocycles. The molecule has 3 heteroatoms. The van der Waals surface area contributed by atoms with Crippen LogP contribution < -0.4 is 5.32 Å². The molecule has 1 N–H and O–H groups in total. The van der Waals surface area contributed by atoms with Crippen LogP contribution in [0, 0.1) is 13.8 Å². The standard InChI is InChI=1S/C23H19NO2/c1-15-12-16(2)14-18(13-15)24-23(17-8-4-3-5-9-17)21(25)19-10-6-7-11-20(19)22(23)26/h3-14,24H,1-2H3. The Kier molecular flexibility index (Phi) is 3.73. The smallest absolute Gasteiger partial charge is 0.201 e. The van der Waals surface area contributed by atoms with E-state index in [1.165, 1.54) is 0 Å². The summed E-state index contributed by atoms with van der Waals surface area (Å²) < 4.78 is 0. The maximum absolute atomic E-state index is 13.4. The van der Waals surface area contributed by atoms with E-state index in [2.05, 4.69) is 11.4 Å². The van der Waals surface area contributed by atoms with Gasteiger partial charge in [-0.15, -0.1) is 0 Å². The SMILES string of the molecule is Cc1cc(C)cc(NC2(c3ccccc3)C(=O)c3ccccc3C2=O)c1. The van der Waals surface area contributed by atoms with E-state index >= 15 is 0 Å². The monoisotopic (exact) mass is 341 g/mol. The van der Waals surface area contributed by atoms with Crippen molar-refractivity contribution in [1.29, 1.82) is 0 Å². The topological polar surface area (TPSA) is 46.2 Å². The zero-order chi connectivity index (χ0) is 18.3. The van der Waals surface area contributed by atoms with Crippen LogP contribution in [0.2, 0.25) is 0 Å². The summed E-state index contributed by atoms with van der Waals surface area (Å²) in [4.78, 5) is 26.8. The zero-order valence-electron chi connectivity index (χ0n) is 14.7. The summed E-state index contributed by atoms with van der Waals surface area (Å²) in [5.41, 5.74) is 3.09. The lowest BCUT2D eigenvalue weighted by molar-refractivity contribution is 0.0819. The Bertz CT molecular complexity index is 966. The summed E-state index contributed by atoms with van der Waals surface area (Å²) in [5, 5.41) is 3.30. The molecular weight excluding hydrogens is 322 g/mol. The number of carbonyl (C=O) groups is 2. The second kappa shape index (κ2) is 5.95. The number of carbonyl (C=O) groups excluding carboxylic acids is 2. The van der Waals surface area contributed by atoms with Gasteiger partial charge in [0.15, 0.2) is 5.54 Å². The highest BCUT2D eigenvalue weighted by molar-refractivity contribution is 6.34. The number of rotatable bonds is 3. The Morgan fingerprint density at radius 2 is 1.19 bits per heavy atom. The molecule has 1 aliphatic rings. The van der Waals surface area contributed by atoms with Gasteiger partial charge in [-0.05, 0) is 42.7 Å². The van der Waals surface area contributed by atoms with Gasteiger partial charge in [-0.25, -0.2) is 0 Å². The Balaban J connectivity index is 1.93. The average molecular weight is 341 g/mol. The third-order valence-electron chi connectivity index (χ3n) is 4.86. The van der Waals surface area contributed by atoms with E-state index in [0.717, 1.165) is 16.8 Å². The minimum Gasteiger partial charge on any atom is -0.363 e. The van der Waals surface area contributed by atoms with Gasteiger partial charge in [-0.1, -0.05) is 60.7 Å². The number of ketones is 2. The Morgan fingerprint density at radius 3 is 1.73 bits per heavy atom. The van der Waals surface area contributed by atoms with Gasteiger partial charge in [-0.2, -0.15) is 0 Å². The number of anilines is 1. The molecule has 3 nitrogen and oxygen atoms in total. The lowest BCUT2D eigenvalue weighted by Crippen LogP contribution is -2.46. The Labute approximate surface area is 152 Å². The van der Waals surface area contributed by atoms with Crippen molar-refractivity contribution >= 4 is 17.3 Å². The van der Waals surface area contributed by atoms with Crippen LogP contribution in [0.15, 0.2) is 72.8 Å². The molecule has 4 rings (SSSR count). The molecule has 0 fully saturated rings. The summed E-state index contributed by atoms with van der Waals surface area (Å²) in [6.07, 6.45) is 0. The summed E-state index contributed by atoms with van der Waals surface area (Å²) in [6.45, 7) is 4.00. The molecule has 0 heterocycles. The molecule has 3 aromatic carbocycles. The predicted octanol–water partition coefficient (Wildman–Crippen LogP) is 4.69. The highest BCUT2D eigenvalue weighted by atomic mass is 16.2. The molecule has 0 aliphatic heterocycles. The fourth-order valence-electron chi connectivity index (χ4n) is 3.79. The van der Waals surface area contributed by atoms with Crippen LogP contribution in [-0.2, 0) is 5.54 Å². The van der Waals surface area contributed by atoms with E-state index in [0.29, 0.717) is 16.7 Å². The molecule has 0 unspecified atom stereocenters. The molecule has 0 spiro atoms. The quantitative estimate of drug-likeness (QED) is 0.703. The van der Waals surface area contributed by atoms with Crippen molar-refractivity contribution in [3.05, 3.63) is 101 Å². The van der Waals surface area contributed by atoms with Gasteiger partial charge >= 0.3 is 0 Å². The molecule has 26 heavy (non-hydrogen) atoms. The minimum absolute atomic E-state index is 0.205. The maximum Gasteiger partial charge on any atom is 0.201 e. The van der Waals surface area contributed by atoms with E-state index < -0.39 is 5.54 Å². The van der Waals surface area contributed by atoms with Crippen molar-refractivity contribution in [1.82, 2.24) is 0 Å². The third-order valence-corrected chi connectivity index (χ3v) is 4.86. The van der Waals surface area contributed by atoms with Gasteiger partial charge in [0.1, 0.15) is 0 Å². The summed E-state index contributed by atoms with van der Waals surface area (Å²) in [6, 6.07) is 22.3. The first-order valence-electron chi connectivity index (χ1n) is 8.63. The molecule has 0 radical (unpaired) electrons. The molecule has 0 bridgehead atoms. The van der Waals surface area contributed by atoms with Crippen LogP contribution in [0.4, 0.5) is 5.69 Å². The van der Waals surface area contributed by atoms with E-state index in [1.807, 2.05) is 56.3 Å². The summed E-state index contributed by atoms with van der Waals surface area (Å²) >= 11 is 0. The third kappa shape index (κ3) is 2.36. The Morgan fingerprint density at radius 1 is 0.692 bits per heavy atom. The van der Waals surface area contributed by atoms with Crippen molar-refractivity contribution in [2.45, 2.75) is 19.4 Å². The number of hydrogen-bond donors (Lipinski definition) is 1. The lowest BCUT2D eigenvalue weighted by atomic mass is 9.84. The second-order valence-electron chi connectivity index (χ2n) is 6.82. The van der Waals surface area contributed by atoms with Crippen LogP contribution in [-0.4, -0.2) is 11.6 Å². The number of aryl methyl sites for hydroxylation is 2. The average Bonchev–Trinajstić information content (AvgIpc) is 2.85. The van der Waals surface area contributed by atoms with Crippen molar-refractivity contribution in [2.75, 3.05) is 5.32 Å². The van der Waals surface area contributed by atoms with Crippen LogP contribution in [0.3, 0.4) is 0 Å². The van der Waals surface area contributed by atoms with Gasteiger partial charge in [-0.3, -0.25) is 9.59 Å². The number of hydrogen-bond acceptors (Lipinski definition) is 3. The first-order valence-corrected chi connectivity index (χ1v) is 8.63. The minimum atomic E-state index is -1.43. The van der Waals surface area contributed by atoms with Gasteiger partial charge < -0.3 is 5.32 Å². The second-order valence-corrected chi connectivity index (χ2v) is 6.82. The van der Waals surface area contributed by atoms with Gasteiger partial charge in [0, 0.05) is 16.8 Å². The van der Waals surface area contributed by atoms with Crippen molar-refractivity contribution in [3.8, 4) is 0 Å². The molecule has 1 aliphatic carbocycles. The van der Waals surface area contributed by atoms with Crippen molar-refractivity contribution in [3.63, 3.8) is 0 Å². The maximum atomic E-state index is 13.4. The van der Waals surface area contributed by atoms with E-state index in [4.69, 9.17) is 0 Å². The molecule has 0 saturated carbocycles. The van der Waals surface area contributed by atoms with Crippen molar-refractivity contribution in [2.24, 2.45) is 0 Å². The number of nitrogens with one attached hydrogen (secondary N) is 1. The Hall–Kier alpha value is -3.20. The molecule has 0 amide bonds. The lowest BCUT2D eigenvalue weighted by Gasteiger charge is -2.29. The van der Waals surface area contributed by atoms with Crippen LogP contribution in [0.25, 0.3) is 0 Å². The molecule has 0 aromatic heterocycles. The molecule has 0 atom stereocenters. The van der Waals surface area contributed by atoms with Gasteiger partial charge in [0.2, 0.25) is 11.6 Å². The highest BCUT2D eigenvalue weighted by Gasteiger charge is 2.54. The van der Waals surface area contributed by atoms with E-state index in [-0.39, 0.29) is 11.6 Å². The molecular formula is C23H19NO2. The largest absolute Gasteiger partial charge is 0.363 e. The summed E-state index contributed by atoms with van der Waals surface area (Å²) in [5.74, 6) is -0.410. The van der Waals surface area contributed by atoms with Gasteiger partial charge in [0.25, 0.3) is 0 Å². The zero-order valence-corrected chi connectivity index (χ0v) is 14.7. The van der Waals surface area contributed by atoms with Gasteiger partial charge in [0.05, 0.1) is 0 Å². The fraction of sp³-hybridized carbons (Fsp3) is 0.130. The van der Waals surface area contributed by atoms with Crippen LogP contribution in [0.1, 0.15) is 37.4 Å². The summed E-state index contributed by atoms with van der Waals surface area (Å²) in [7, 11) is 0. The molecule has 3 aromatic rings. The number of Topliss-reactive ketones (excluding diaryl/α,β-unsaturated/α-hetero) is 2. The first kappa shape index (κ1) is 16.3. The van der Waals surface area contributed by atoms with Crippen LogP contribution >= 0.6 is 0 Å². The normalized spacial score (nSPS) is 15.0. The first-order chi connectivity index (χ1) is 12.5. The highest BCUT2D eigenvalue weighted by Crippen LogP contribution is 2.40. The predicted molar refractivity (Wildman–Crippen MR) is 103 cm³/mol. The number of fused-ring (bicyclic) bond motifs is 1. The fourth-order valence-corrected chi connectivity index (χ4v) is 3.79. The number of benzene rings is 3.